The highest BCUT2D eigenvalue weighted by Gasteiger charge is 2.26. The summed E-state index contributed by atoms with van der Waals surface area (Å²) in [7, 11) is 0. The summed E-state index contributed by atoms with van der Waals surface area (Å²) in [6, 6.07) is 0. The molecule has 0 N–H and O–H groups in total. The van der Waals surface area contributed by atoms with Crippen LogP contribution in [0.3, 0.4) is 0 Å². The fourth-order valence-electron chi connectivity index (χ4n) is 3.18. The molecular formula is C24H32. The molecule has 0 aliphatic heterocycles. The number of hydrogen-bond acceptors (Lipinski definition) is 0. The third-order valence-electron chi connectivity index (χ3n) is 4.53. The van der Waals surface area contributed by atoms with Gasteiger partial charge in [-0.3, -0.25) is 0 Å². The van der Waals surface area contributed by atoms with Crippen LogP contribution in [-0.2, 0) is 0 Å². The molecule has 0 heteroatoms. The Balaban J connectivity index is 2.75. The highest BCUT2D eigenvalue weighted by molar-refractivity contribution is 5.37. The molecule has 0 saturated carbocycles. The second-order valence-electron chi connectivity index (χ2n) is 7.46. The lowest BCUT2D eigenvalue weighted by Gasteiger charge is -2.32. The average molecular weight is 321 g/mol. The van der Waals surface area contributed by atoms with Crippen LogP contribution in [0.25, 0.3) is 0 Å². The molecule has 0 amide bonds. The van der Waals surface area contributed by atoms with Gasteiger partial charge in [-0.05, 0) is 56.6 Å². The average Bonchev–Trinajstić information content (AvgIpc) is 2.46. The van der Waals surface area contributed by atoms with Crippen molar-refractivity contribution in [3.05, 3.63) is 70.9 Å². The molecule has 0 unspecified atom stereocenters. The molecule has 0 atom stereocenters. The molecule has 0 nitrogen and oxygen atoms in total. The maximum absolute atomic E-state index is 5.29. The fourth-order valence-corrected chi connectivity index (χ4v) is 3.18. The monoisotopic (exact) mass is 320 g/mol. The van der Waals surface area contributed by atoms with E-state index in [1.165, 1.54) is 36.0 Å². The van der Waals surface area contributed by atoms with Crippen molar-refractivity contribution in [2.75, 3.05) is 0 Å². The number of rotatable bonds is 6. The number of hydrogen-bond donors (Lipinski definition) is 0. The lowest BCUT2D eigenvalue weighted by atomic mass is 9.72. The molecule has 0 bridgehead atoms. The second-order valence-corrected chi connectivity index (χ2v) is 7.46. The van der Waals surface area contributed by atoms with Crippen molar-refractivity contribution < 1.29 is 0 Å². The maximum Gasteiger partial charge on any atom is 0.0331 e. The van der Waals surface area contributed by atoms with Crippen molar-refractivity contribution in [1.82, 2.24) is 0 Å². The summed E-state index contributed by atoms with van der Waals surface area (Å²) in [6.07, 6.45) is 22.6. The van der Waals surface area contributed by atoms with Gasteiger partial charge >= 0.3 is 0 Å². The van der Waals surface area contributed by atoms with Gasteiger partial charge in [0.2, 0.25) is 0 Å². The first-order chi connectivity index (χ1) is 11.3. The minimum atomic E-state index is 0.297. The molecule has 1 aliphatic carbocycles. The molecule has 0 heterocycles. The molecule has 0 spiro atoms. The highest BCUT2D eigenvalue weighted by Crippen LogP contribution is 2.40. The molecule has 24 heavy (non-hydrogen) atoms. The van der Waals surface area contributed by atoms with Gasteiger partial charge in [-0.2, -0.15) is 0 Å². The first kappa shape index (κ1) is 20.0. The van der Waals surface area contributed by atoms with Crippen LogP contribution in [-0.4, -0.2) is 0 Å². The van der Waals surface area contributed by atoms with Crippen LogP contribution in [0.4, 0.5) is 0 Å². The van der Waals surface area contributed by atoms with Crippen LogP contribution >= 0.6 is 0 Å². The standard InChI is InChI=1S/C24H32/c1-8-11-20(3)18-21(4)13-9-12-19(2)15-16-23-22(5)14-10-17-24(23,6)7/h1,9,12-13,15-16,18H,3,10-11,14,17H2,2,4-7H3/b13-9+,16-15+,19-12+,21-18+. The Morgan fingerprint density at radius 2 is 1.96 bits per heavy atom. The third-order valence-corrected chi connectivity index (χ3v) is 4.53. The summed E-state index contributed by atoms with van der Waals surface area (Å²) < 4.78 is 0. The molecule has 0 aromatic rings. The third kappa shape index (κ3) is 6.63. The molecule has 128 valence electrons. The van der Waals surface area contributed by atoms with Gasteiger partial charge in [0.25, 0.3) is 0 Å². The zero-order chi connectivity index (χ0) is 18.2. The van der Waals surface area contributed by atoms with Gasteiger partial charge in [0, 0.05) is 6.42 Å². The summed E-state index contributed by atoms with van der Waals surface area (Å²) in [5.74, 6) is 2.61. The van der Waals surface area contributed by atoms with E-state index in [0.717, 1.165) is 11.1 Å². The van der Waals surface area contributed by atoms with Crippen LogP contribution in [0.15, 0.2) is 70.9 Å². The minimum Gasteiger partial charge on any atom is -0.120 e. The predicted octanol–water partition coefficient (Wildman–Crippen LogP) is 7.10. The van der Waals surface area contributed by atoms with E-state index in [4.69, 9.17) is 6.42 Å². The topological polar surface area (TPSA) is 0 Å². The van der Waals surface area contributed by atoms with Gasteiger partial charge < -0.3 is 0 Å². The molecule has 0 aromatic heterocycles. The number of terminal acetylenes is 1. The Morgan fingerprint density at radius 3 is 2.58 bits per heavy atom. The highest BCUT2D eigenvalue weighted by atomic mass is 14.3. The Bertz CT molecular complexity index is 649. The van der Waals surface area contributed by atoms with E-state index in [2.05, 4.69) is 77.5 Å². The molecule has 1 rings (SSSR count). The largest absolute Gasteiger partial charge is 0.120 e. The SMILES string of the molecule is C#CCC(=C)/C=C(C)/C=C/C=C(C)/C=C/C1=C(C)CCCC1(C)C. The van der Waals surface area contributed by atoms with Crippen LogP contribution in [0.5, 0.6) is 0 Å². The van der Waals surface area contributed by atoms with Crippen molar-refractivity contribution in [3.63, 3.8) is 0 Å². The Labute approximate surface area is 149 Å². The summed E-state index contributed by atoms with van der Waals surface area (Å²) >= 11 is 0. The minimum absolute atomic E-state index is 0.297. The van der Waals surface area contributed by atoms with Gasteiger partial charge in [-0.25, -0.2) is 0 Å². The summed E-state index contributed by atoms with van der Waals surface area (Å²) in [6.45, 7) is 15.1. The van der Waals surface area contributed by atoms with Gasteiger partial charge in [-0.15, -0.1) is 12.3 Å². The van der Waals surface area contributed by atoms with Crippen LogP contribution < -0.4 is 0 Å². The van der Waals surface area contributed by atoms with E-state index < -0.39 is 0 Å². The lowest BCUT2D eigenvalue weighted by Crippen LogP contribution is -2.19. The van der Waals surface area contributed by atoms with Gasteiger partial charge in [0.1, 0.15) is 0 Å². The van der Waals surface area contributed by atoms with Crippen molar-refractivity contribution >= 4 is 0 Å². The van der Waals surface area contributed by atoms with Gasteiger partial charge in [0.05, 0.1) is 0 Å². The summed E-state index contributed by atoms with van der Waals surface area (Å²) in [5, 5.41) is 0. The second kappa shape index (κ2) is 9.33. The first-order valence-corrected chi connectivity index (χ1v) is 8.79. The summed E-state index contributed by atoms with van der Waals surface area (Å²) in [5.41, 5.74) is 6.73. The fraction of sp³-hybridized carbons (Fsp3) is 0.417. The van der Waals surface area contributed by atoms with E-state index in [1.807, 2.05) is 6.08 Å². The van der Waals surface area contributed by atoms with E-state index in [0.29, 0.717) is 11.8 Å². The zero-order valence-electron chi connectivity index (χ0n) is 16.1. The van der Waals surface area contributed by atoms with E-state index in [-0.39, 0.29) is 0 Å². The predicted molar refractivity (Wildman–Crippen MR) is 109 cm³/mol. The molecular weight excluding hydrogens is 288 g/mol. The van der Waals surface area contributed by atoms with Crippen molar-refractivity contribution in [3.8, 4) is 12.3 Å². The maximum atomic E-state index is 5.29. The number of allylic oxidation sites excluding steroid dienone is 11. The molecule has 0 saturated heterocycles. The van der Waals surface area contributed by atoms with E-state index >= 15 is 0 Å². The first-order valence-electron chi connectivity index (χ1n) is 8.79. The van der Waals surface area contributed by atoms with Crippen molar-refractivity contribution in [2.45, 2.75) is 60.3 Å². The Morgan fingerprint density at radius 1 is 1.25 bits per heavy atom. The summed E-state index contributed by atoms with van der Waals surface area (Å²) in [4.78, 5) is 0. The molecule has 0 radical (unpaired) electrons. The molecule has 1 aliphatic rings. The van der Waals surface area contributed by atoms with Gasteiger partial charge in [0.15, 0.2) is 0 Å². The van der Waals surface area contributed by atoms with Crippen LogP contribution in [0, 0.1) is 17.8 Å². The normalized spacial score (nSPS) is 19.2. The quantitative estimate of drug-likeness (QED) is 0.362. The molecule has 0 fully saturated rings. The lowest BCUT2D eigenvalue weighted by molar-refractivity contribution is 0.377. The Hall–Kier alpha value is -2.00. The van der Waals surface area contributed by atoms with E-state index in [9.17, 15) is 0 Å². The van der Waals surface area contributed by atoms with Crippen molar-refractivity contribution in [1.29, 1.82) is 0 Å². The van der Waals surface area contributed by atoms with E-state index in [1.54, 1.807) is 0 Å². The van der Waals surface area contributed by atoms with Gasteiger partial charge in [-0.1, -0.05) is 73.6 Å². The smallest absolute Gasteiger partial charge is 0.0331 e. The van der Waals surface area contributed by atoms with Crippen molar-refractivity contribution in [2.24, 2.45) is 5.41 Å². The Kier molecular flexibility index (Phi) is 7.80. The zero-order valence-corrected chi connectivity index (χ0v) is 16.1. The van der Waals surface area contributed by atoms with Crippen LogP contribution in [0.1, 0.15) is 60.3 Å². The van der Waals surface area contributed by atoms with Crippen LogP contribution in [0.2, 0.25) is 0 Å². The molecule has 0 aromatic carbocycles.